The Kier molecular flexibility index (Phi) is 5.60. The Morgan fingerprint density at radius 2 is 2.00 bits per heavy atom. The topological polar surface area (TPSA) is 49.8 Å². The highest BCUT2D eigenvalue weighted by atomic mass is 35.5. The van der Waals surface area contributed by atoms with Gasteiger partial charge in [0, 0.05) is 19.2 Å². The first-order chi connectivity index (χ1) is 9.88. The molecule has 0 aliphatic carbocycles. The second-order valence-corrected chi connectivity index (χ2v) is 6.38. The Morgan fingerprint density at radius 3 is 2.67 bits per heavy atom. The lowest BCUT2D eigenvalue weighted by molar-refractivity contribution is -0.136. The molecule has 0 aromatic heterocycles. The van der Waals surface area contributed by atoms with Crippen LogP contribution in [0.3, 0.4) is 0 Å². The van der Waals surface area contributed by atoms with Gasteiger partial charge in [-0.2, -0.15) is 0 Å². The monoisotopic (exact) mass is 351 g/mol. The van der Waals surface area contributed by atoms with E-state index in [-0.39, 0.29) is 24.5 Å². The summed E-state index contributed by atoms with van der Waals surface area (Å²) in [5.41, 5.74) is 0. The normalized spacial score (nSPS) is 22.2. The van der Waals surface area contributed by atoms with E-state index in [9.17, 15) is 9.90 Å². The van der Waals surface area contributed by atoms with Gasteiger partial charge in [-0.05, 0) is 18.4 Å². The van der Waals surface area contributed by atoms with Crippen molar-refractivity contribution in [3.05, 3.63) is 27.2 Å². The van der Waals surface area contributed by atoms with Gasteiger partial charge in [-0.15, -0.1) is 0 Å². The second-order valence-electron chi connectivity index (χ2n) is 5.16. The van der Waals surface area contributed by atoms with Gasteiger partial charge in [-0.25, -0.2) is 0 Å². The number of aliphatic hydroxyl groups excluding tert-OH is 1. The van der Waals surface area contributed by atoms with Crippen molar-refractivity contribution >= 4 is 40.7 Å². The minimum absolute atomic E-state index is 0.0660. The SMILES string of the molecule is CC1CN(C(=O)COc2cc(Cl)c(Cl)cc2Cl)CCC1O. The largest absolute Gasteiger partial charge is 0.482 e. The molecule has 0 saturated carbocycles. The number of hydrogen-bond acceptors (Lipinski definition) is 3. The molecule has 1 fully saturated rings. The molecule has 2 unspecified atom stereocenters. The van der Waals surface area contributed by atoms with Gasteiger partial charge in [-0.1, -0.05) is 41.7 Å². The first-order valence-electron chi connectivity index (χ1n) is 6.61. The van der Waals surface area contributed by atoms with Gasteiger partial charge in [0.2, 0.25) is 0 Å². The summed E-state index contributed by atoms with van der Waals surface area (Å²) in [6.07, 6.45) is 0.236. The molecule has 0 spiro atoms. The molecule has 1 amide bonds. The van der Waals surface area contributed by atoms with Crippen molar-refractivity contribution in [3.63, 3.8) is 0 Å². The van der Waals surface area contributed by atoms with Crippen molar-refractivity contribution in [1.29, 1.82) is 0 Å². The van der Waals surface area contributed by atoms with E-state index in [2.05, 4.69) is 0 Å². The van der Waals surface area contributed by atoms with Crippen molar-refractivity contribution < 1.29 is 14.6 Å². The maximum Gasteiger partial charge on any atom is 0.260 e. The molecule has 1 aliphatic rings. The van der Waals surface area contributed by atoms with Crippen LogP contribution >= 0.6 is 34.8 Å². The van der Waals surface area contributed by atoms with E-state index in [1.807, 2.05) is 6.92 Å². The molecule has 1 N–H and O–H groups in total. The van der Waals surface area contributed by atoms with Crippen molar-refractivity contribution in [3.8, 4) is 5.75 Å². The zero-order valence-corrected chi connectivity index (χ0v) is 13.8. The number of ether oxygens (including phenoxy) is 1. The third kappa shape index (κ3) is 4.16. The van der Waals surface area contributed by atoms with E-state index in [1.165, 1.54) is 12.1 Å². The fraction of sp³-hybridized carbons (Fsp3) is 0.500. The Balaban J connectivity index is 1.94. The fourth-order valence-electron chi connectivity index (χ4n) is 2.21. The van der Waals surface area contributed by atoms with Crippen LogP contribution in [-0.2, 0) is 4.79 Å². The van der Waals surface area contributed by atoms with E-state index in [0.29, 0.717) is 40.3 Å². The number of carbonyl (C=O) groups is 1. The van der Waals surface area contributed by atoms with Gasteiger partial charge in [0.1, 0.15) is 5.75 Å². The van der Waals surface area contributed by atoms with Gasteiger partial charge >= 0.3 is 0 Å². The number of hydrogen-bond donors (Lipinski definition) is 1. The van der Waals surface area contributed by atoms with Crippen LogP contribution in [0.2, 0.25) is 15.1 Å². The maximum atomic E-state index is 12.1. The number of nitrogens with zero attached hydrogens (tertiary/aromatic N) is 1. The van der Waals surface area contributed by atoms with Crippen LogP contribution in [0.15, 0.2) is 12.1 Å². The van der Waals surface area contributed by atoms with E-state index in [1.54, 1.807) is 4.90 Å². The lowest BCUT2D eigenvalue weighted by Gasteiger charge is -2.34. The molecule has 2 rings (SSSR count). The van der Waals surface area contributed by atoms with E-state index < -0.39 is 0 Å². The number of piperidine rings is 1. The van der Waals surface area contributed by atoms with Crippen molar-refractivity contribution in [2.24, 2.45) is 5.92 Å². The summed E-state index contributed by atoms with van der Waals surface area (Å²) in [5, 5.41) is 10.6. The molecular weight excluding hydrogens is 337 g/mol. The van der Waals surface area contributed by atoms with Crippen molar-refractivity contribution in [2.75, 3.05) is 19.7 Å². The number of halogens is 3. The summed E-state index contributed by atoms with van der Waals surface area (Å²) in [6.45, 7) is 2.85. The van der Waals surface area contributed by atoms with Gasteiger partial charge in [0.25, 0.3) is 5.91 Å². The van der Waals surface area contributed by atoms with E-state index in [0.717, 1.165) is 0 Å². The van der Waals surface area contributed by atoms with Crippen molar-refractivity contribution in [1.82, 2.24) is 4.90 Å². The summed E-state index contributed by atoms with van der Waals surface area (Å²) >= 11 is 17.7. The molecule has 0 radical (unpaired) electrons. The Labute approximate surface area is 138 Å². The fourth-order valence-corrected chi connectivity index (χ4v) is 2.80. The van der Waals surface area contributed by atoms with Crippen LogP contribution in [-0.4, -0.2) is 41.7 Å². The van der Waals surface area contributed by atoms with E-state index >= 15 is 0 Å². The standard InChI is InChI=1S/C14H16Cl3NO3/c1-8-6-18(3-2-12(8)19)14(20)7-21-13-5-10(16)9(15)4-11(13)17/h4-5,8,12,19H,2-3,6-7H2,1H3. The molecule has 1 aliphatic heterocycles. The molecule has 2 atom stereocenters. The van der Waals surface area contributed by atoms with Gasteiger partial charge in [0.15, 0.2) is 6.61 Å². The quantitative estimate of drug-likeness (QED) is 0.850. The van der Waals surface area contributed by atoms with Crippen LogP contribution < -0.4 is 4.74 Å². The van der Waals surface area contributed by atoms with Crippen LogP contribution in [0.4, 0.5) is 0 Å². The van der Waals surface area contributed by atoms with Crippen LogP contribution in [0.25, 0.3) is 0 Å². The smallest absolute Gasteiger partial charge is 0.260 e. The van der Waals surface area contributed by atoms with Crippen LogP contribution in [0.1, 0.15) is 13.3 Å². The number of aliphatic hydroxyl groups is 1. The average molecular weight is 353 g/mol. The zero-order chi connectivity index (χ0) is 15.6. The predicted molar refractivity (Wildman–Crippen MR) is 83.3 cm³/mol. The zero-order valence-electron chi connectivity index (χ0n) is 11.5. The van der Waals surface area contributed by atoms with Crippen LogP contribution in [0, 0.1) is 5.92 Å². The molecule has 1 aromatic rings. The first kappa shape index (κ1) is 16.7. The molecule has 116 valence electrons. The second kappa shape index (κ2) is 7.05. The minimum atomic E-state index is -0.348. The number of benzene rings is 1. The maximum absolute atomic E-state index is 12.1. The summed E-state index contributed by atoms with van der Waals surface area (Å²) < 4.78 is 5.42. The van der Waals surface area contributed by atoms with E-state index in [4.69, 9.17) is 39.5 Å². The van der Waals surface area contributed by atoms with Crippen molar-refractivity contribution in [2.45, 2.75) is 19.4 Å². The highest BCUT2D eigenvalue weighted by molar-refractivity contribution is 6.43. The molecule has 0 bridgehead atoms. The molecule has 4 nitrogen and oxygen atoms in total. The Bertz CT molecular complexity index is 538. The van der Waals surface area contributed by atoms with Gasteiger partial charge in [0.05, 0.1) is 21.2 Å². The molecule has 21 heavy (non-hydrogen) atoms. The lowest BCUT2D eigenvalue weighted by atomic mass is 9.97. The highest BCUT2D eigenvalue weighted by Crippen LogP contribution is 2.33. The third-order valence-corrected chi connectivity index (χ3v) is 4.56. The first-order valence-corrected chi connectivity index (χ1v) is 7.75. The number of rotatable bonds is 3. The molecule has 1 saturated heterocycles. The van der Waals surface area contributed by atoms with Gasteiger partial charge in [-0.3, -0.25) is 4.79 Å². The minimum Gasteiger partial charge on any atom is -0.482 e. The van der Waals surface area contributed by atoms with Crippen LogP contribution in [0.5, 0.6) is 5.75 Å². The summed E-state index contributed by atoms with van der Waals surface area (Å²) in [6, 6.07) is 2.96. The molecule has 7 heteroatoms. The molecule has 1 aromatic carbocycles. The molecule has 1 heterocycles. The highest BCUT2D eigenvalue weighted by Gasteiger charge is 2.27. The Morgan fingerprint density at radius 1 is 1.33 bits per heavy atom. The molecular formula is C14H16Cl3NO3. The third-order valence-electron chi connectivity index (χ3n) is 3.54. The predicted octanol–water partition coefficient (Wildman–Crippen LogP) is 3.25. The number of amides is 1. The Hall–Kier alpha value is -0.680. The summed E-state index contributed by atoms with van der Waals surface area (Å²) in [7, 11) is 0. The summed E-state index contributed by atoms with van der Waals surface area (Å²) in [5.74, 6) is 0.247. The van der Waals surface area contributed by atoms with Gasteiger partial charge < -0.3 is 14.7 Å². The number of carbonyl (C=O) groups excluding carboxylic acids is 1. The summed E-state index contributed by atoms with van der Waals surface area (Å²) in [4.78, 5) is 13.8. The lowest BCUT2D eigenvalue weighted by Crippen LogP contribution is -2.46. The average Bonchev–Trinajstić information content (AvgIpc) is 2.44. The number of likely N-dealkylation sites (tertiary alicyclic amines) is 1.